The summed E-state index contributed by atoms with van der Waals surface area (Å²) in [6.45, 7) is 2.65. The van der Waals surface area contributed by atoms with E-state index in [4.69, 9.17) is 5.73 Å². The summed E-state index contributed by atoms with van der Waals surface area (Å²) >= 11 is 0. The Morgan fingerprint density at radius 2 is 1.48 bits per heavy atom. The highest BCUT2D eigenvalue weighted by atomic mass is 16.5. The van der Waals surface area contributed by atoms with Gasteiger partial charge in [-0.05, 0) is 12.8 Å². The molecule has 0 spiro atoms. The maximum atomic E-state index is 10.0. The molecule has 2 unspecified atom stereocenters. The standard InChI is InChI=1S/C19H37NO3/c1-2-3-4-5-6-7-8-9-10-11-12-13-14-15-19(22)18(20)16-23-17-21/h14-15,17-19,22H,2-13,16,20H2,1H3/b15-14+. The third-order valence-corrected chi connectivity index (χ3v) is 4.10. The highest BCUT2D eigenvalue weighted by Crippen LogP contribution is 2.12. The van der Waals surface area contributed by atoms with Crippen LogP contribution in [0.5, 0.6) is 0 Å². The molecule has 0 aromatic carbocycles. The molecule has 0 saturated carbocycles. The summed E-state index contributed by atoms with van der Waals surface area (Å²) in [4.78, 5) is 10.0. The molecule has 0 aliphatic heterocycles. The van der Waals surface area contributed by atoms with E-state index in [9.17, 15) is 9.90 Å². The fourth-order valence-corrected chi connectivity index (χ4v) is 2.55. The first-order valence-electron chi connectivity index (χ1n) is 9.38. The van der Waals surface area contributed by atoms with Crippen molar-refractivity contribution in [2.45, 2.75) is 96.1 Å². The Kier molecular flexibility index (Phi) is 16.8. The lowest BCUT2D eigenvalue weighted by Crippen LogP contribution is -2.37. The average Bonchev–Trinajstić information content (AvgIpc) is 2.56. The molecule has 0 amide bonds. The first-order chi connectivity index (χ1) is 11.2. The number of nitrogens with two attached hydrogens (primary N) is 1. The van der Waals surface area contributed by atoms with Gasteiger partial charge in [0.05, 0.1) is 12.1 Å². The average molecular weight is 328 g/mol. The zero-order valence-electron chi connectivity index (χ0n) is 14.9. The molecule has 0 aromatic rings. The lowest BCUT2D eigenvalue weighted by atomic mass is 10.0. The summed E-state index contributed by atoms with van der Waals surface area (Å²) in [6.07, 6.45) is 18.6. The number of carbonyl (C=O) groups is 1. The Balaban J connectivity index is 3.31. The van der Waals surface area contributed by atoms with Gasteiger partial charge < -0.3 is 15.6 Å². The van der Waals surface area contributed by atoms with Crippen LogP contribution in [0.1, 0.15) is 84.0 Å². The van der Waals surface area contributed by atoms with Crippen LogP contribution in [0.15, 0.2) is 12.2 Å². The molecular formula is C19H37NO3. The smallest absolute Gasteiger partial charge is 0.293 e. The van der Waals surface area contributed by atoms with Crippen molar-refractivity contribution in [1.29, 1.82) is 0 Å². The Hall–Kier alpha value is -0.870. The number of carbonyl (C=O) groups excluding carboxylic acids is 1. The van der Waals surface area contributed by atoms with Gasteiger partial charge in [0.2, 0.25) is 0 Å². The van der Waals surface area contributed by atoms with Gasteiger partial charge in [-0.15, -0.1) is 0 Å². The molecule has 4 heteroatoms. The molecule has 4 nitrogen and oxygen atoms in total. The second-order valence-corrected chi connectivity index (χ2v) is 6.34. The van der Waals surface area contributed by atoms with Gasteiger partial charge in [-0.2, -0.15) is 0 Å². The van der Waals surface area contributed by atoms with Crippen LogP contribution < -0.4 is 5.73 Å². The van der Waals surface area contributed by atoms with Gasteiger partial charge >= 0.3 is 0 Å². The van der Waals surface area contributed by atoms with Gasteiger partial charge in [0.25, 0.3) is 6.47 Å². The van der Waals surface area contributed by atoms with Gasteiger partial charge in [-0.1, -0.05) is 83.3 Å². The number of rotatable bonds is 17. The number of ether oxygens (including phenoxy) is 1. The first-order valence-corrected chi connectivity index (χ1v) is 9.38. The SMILES string of the molecule is CCCCCCCCCCCCC/C=C/C(O)C(N)COC=O. The molecular weight excluding hydrogens is 290 g/mol. The Morgan fingerprint density at radius 3 is 2.00 bits per heavy atom. The van der Waals surface area contributed by atoms with Crippen LogP contribution >= 0.6 is 0 Å². The quantitative estimate of drug-likeness (QED) is 0.240. The third kappa shape index (κ3) is 15.8. The van der Waals surface area contributed by atoms with E-state index < -0.39 is 12.1 Å². The minimum Gasteiger partial charge on any atom is -0.466 e. The molecule has 0 bridgehead atoms. The zero-order valence-corrected chi connectivity index (χ0v) is 14.9. The molecule has 0 aromatic heterocycles. The number of aliphatic hydroxyl groups is 1. The van der Waals surface area contributed by atoms with Crippen LogP contribution in [0.2, 0.25) is 0 Å². The van der Waals surface area contributed by atoms with Gasteiger partial charge in [0, 0.05) is 0 Å². The van der Waals surface area contributed by atoms with Crippen molar-refractivity contribution >= 4 is 6.47 Å². The molecule has 0 rings (SSSR count). The van der Waals surface area contributed by atoms with Crippen LogP contribution in [0.25, 0.3) is 0 Å². The topological polar surface area (TPSA) is 72.6 Å². The van der Waals surface area contributed by atoms with Gasteiger partial charge in [0.15, 0.2) is 0 Å². The number of allylic oxidation sites excluding steroid dienone is 1. The van der Waals surface area contributed by atoms with Crippen molar-refractivity contribution in [2.24, 2.45) is 5.73 Å². The highest BCUT2D eigenvalue weighted by molar-refractivity contribution is 5.37. The van der Waals surface area contributed by atoms with Gasteiger partial charge in [-0.25, -0.2) is 0 Å². The van der Waals surface area contributed by atoms with Gasteiger partial charge in [0.1, 0.15) is 6.61 Å². The minimum absolute atomic E-state index is 0.0491. The van der Waals surface area contributed by atoms with Crippen LogP contribution in [0, 0.1) is 0 Å². The van der Waals surface area contributed by atoms with Crippen molar-refractivity contribution in [3.8, 4) is 0 Å². The zero-order chi connectivity index (χ0) is 17.2. The van der Waals surface area contributed by atoms with E-state index in [2.05, 4.69) is 11.7 Å². The molecule has 0 radical (unpaired) electrons. The third-order valence-electron chi connectivity index (χ3n) is 4.10. The summed E-state index contributed by atoms with van der Waals surface area (Å²) in [5.41, 5.74) is 5.67. The fourth-order valence-electron chi connectivity index (χ4n) is 2.55. The molecule has 2 atom stereocenters. The van der Waals surface area contributed by atoms with Gasteiger partial charge in [-0.3, -0.25) is 4.79 Å². The molecule has 0 saturated heterocycles. The van der Waals surface area contributed by atoms with E-state index in [0.717, 1.165) is 12.8 Å². The van der Waals surface area contributed by atoms with Crippen LogP contribution in [-0.4, -0.2) is 30.3 Å². The monoisotopic (exact) mass is 327 g/mol. The van der Waals surface area contributed by atoms with Crippen LogP contribution in [0.4, 0.5) is 0 Å². The van der Waals surface area contributed by atoms with Crippen LogP contribution in [0.3, 0.4) is 0 Å². The maximum absolute atomic E-state index is 10.0. The van der Waals surface area contributed by atoms with E-state index in [1.54, 1.807) is 6.08 Å². The molecule has 3 N–H and O–H groups in total. The van der Waals surface area contributed by atoms with E-state index >= 15 is 0 Å². The predicted octanol–water partition coefficient (Wildman–Crippen LogP) is 4.10. The van der Waals surface area contributed by atoms with Crippen LogP contribution in [-0.2, 0) is 9.53 Å². The van der Waals surface area contributed by atoms with Crippen molar-refractivity contribution in [3.05, 3.63) is 12.2 Å². The molecule has 0 heterocycles. The van der Waals surface area contributed by atoms with E-state index in [-0.39, 0.29) is 6.61 Å². The maximum Gasteiger partial charge on any atom is 0.293 e. The highest BCUT2D eigenvalue weighted by Gasteiger charge is 2.11. The molecule has 136 valence electrons. The first kappa shape index (κ1) is 22.1. The minimum atomic E-state index is -0.748. The molecule has 0 fully saturated rings. The summed E-state index contributed by atoms with van der Waals surface area (Å²) in [7, 11) is 0. The predicted molar refractivity (Wildman–Crippen MR) is 96.2 cm³/mol. The van der Waals surface area contributed by atoms with Crippen molar-refractivity contribution in [2.75, 3.05) is 6.61 Å². The number of hydrogen-bond acceptors (Lipinski definition) is 4. The second kappa shape index (κ2) is 17.5. The van der Waals surface area contributed by atoms with Crippen molar-refractivity contribution < 1.29 is 14.6 Å². The lowest BCUT2D eigenvalue weighted by molar-refractivity contribution is -0.129. The molecule has 0 aliphatic rings. The molecule has 0 aliphatic carbocycles. The largest absolute Gasteiger partial charge is 0.466 e. The molecule has 23 heavy (non-hydrogen) atoms. The summed E-state index contributed by atoms with van der Waals surface area (Å²) in [5, 5.41) is 9.71. The normalized spacial score (nSPS) is 14.0. The Bertz CT molecular complexity index is 282. The fraction of sp³-hybridized carbons (Fsp3) is 0.842. The summed E-state index contributed by atoms with van der Waals surface area (Å²) < 4.78 is 4.54. The van der Waals surface area contributed by atoms with E-state index in [1.165, 1.54) is 64.2 Å². The van der Waals surface area contributed by atoms with E-state index in [1.807, 2.05) is 6.08 Å². The summed E-state index contributed by atoms with van der Waals surface area (Å²) in [5.74, 6) is 0. The number of unbranched alkanes of at least 4 members (excludes halogenated alkanes) is 11. The Morgan fingerprint density at radius 1 is 0.957 bits per heavy atom. The second-order valence-electron chi connectivity index (χ2n) is 6.34. The number of aliphatic hydroxyl groups excluding tert-OH is 1. The van der Waals surface area contributed by atoms with Crippen molar-refractivity contribution in [1.82, 2.24) is 0 Å². The lowest BCUT2D eigenvalue weighted by Gasteiger charge is -2.13. The number of hydrogen-bond donors (Lipinski definition) is 2. The van der Waals surface area contributed by atoms with Crippen molar-refractivity contribution in [3.63, 3.8) is 0 Å². The summed E-state index contributed by atoms with van der Waals surface area (Å²) in [6, 6.07) is -0.547. The van der Waals surface area contributed by atoms with E-state index in [0.29, 0.717) is 6.47 Å². The Labute approximate surface area is 142 Å².